The fraction of sp³-hybridized carbons (Fsp3) is 0.278. The molecule has 1 aliphatic rings. The minimum absolute atomic E-state index is 0.234. The number of nitrogens with two attached hydrogens (primary N) is 1. The Morgan fingerprint density at radius 1 is 1.18 bits per heavy atom. The Kier molecular flexibility index (Phi) is 3.93. The summed E-state index contributed by atoms with van der Waals surface area (Å²) < 4.78 is 14.2. The quantitative estimate of drug-likeness (QED) is 0.947. The average Bonchev–Trinajstić information content (AvgIpc) is 2.88. The van der Waals surface area contributed by atoms with Crippen molar-refractivity contribution in [1.82, 2.24) is 4.90 Å². The van der Waals surface area contributed by atoms with Gasteiger partial charge in [-0.1, -0.05) is 24.3 Å². The highest BCUT2D eigenvalue weighted by molar-refractivity contribution is 5.65. The maximum absolute atomic E-state index is 14.2. The van der Waals surface area contributed by atoms with Crippen LogP contribution in [0.1, 0.15) is 16.7 Å². The topological polar surface area (TPSA) is 53.0 Å². The molecule has 1 atom stereocenters. The van der Waals surface area contributed by atoms with Crippen LogP contribution >= 0.6 is 0 Å². The molecule has 3 rings (SSSR count). The maximum atomic E-state index is 14.2. The van der Waals surface area contributed by atoms with Gasteiger partial charge in [0.1, 0.15) is 5.82 Å². The molecule has 0 bridgehead atoms. The van der Waals surface area contributed by atoms with Crippen LogP contribution in [0, 0.1) is 17.1 Å². The van der Waals surface area contributed by atoms with Gasteiger partial charge in [-0.05, 0) is 47.0 Å². The Balaban J connectivity index is 1.89. The van der Waals surface area contributed by atoms with Gasteiger partial charge in [0.15, 0.2) is 0 Å². The molecule has 0 aliphatic carbocycles. The lowest BCUT2D eigenvalue weighted by atomic mass is 9.98. The van der Waals surface area contributed by atoms with Crippen molar-refractivity contribution in [3.05, 3.63) is 58.9 Å². The van der Waals surface area contributed by atoms with Crippen LogP contribution in [0.15, 0.2) is 36.4 Å². The fourth-order valence-corrected chi connectivity index (χ4v) is 2.92. The Labute approximate surface area is 129 Å². The standard InChI is InChI=1S/C18H18FN3/c1-22-10-15-5-3-12(6-16(15)11-22)13-2-4-14(18(19)8-13)7-17(21)9-20/h2-6,8,17H,7,10-11,21H2,1H3. The highest BCUT2D eigenvalue weighted by Crippen LogP contribution is 2.28. The van der Waals surface area contributed by atoms with Gasteiger partial charge < -0.3 is 5.73 Å². The average molecular weight is 295 g/mol. The van der Waals surface area contributed by atoms with Gasteiger partial charge in [0.25, 0.3) is 0 Å². The van der Waals surface area contributed by atoms with Crippen molar-refractivity contribution in [3.63, 3.8) is 0 Å². The minimum Gasteiger partial charge on any atom is -0.316 e. The van der Waals surface area contributed by atoms with Gasteiger partial charge in [0, 0.05) is 19.5 Å². The number of hydrogen-bond acceptors (Lipinski definition) is 3. The molecule has 112 valence electrons. The van der Waals surface area contributed by atoms with Crippen LogP contribution in [0.25, 0.3) is 11.1 Å². The molecule has 0 aromatic heterocycles. The monoisotopic (exact) mass is 295 g/mol. The molecule has 0 saturated carbocycles. The lowest BCUT2D eigenvalue weighted by Gasteiger charge is -2.09. The second-order valence-corrected chi connectivity index (χ2v) is 5.90. The first-order chi connectivity index (χ1) is 10.6. The first-order valence-electron chi connectivity index (χ1n) is 7.31. The number of halogens is 1. The molecule has 4 heteroatoms. The number of fused-ring (bicyclic) bond motifs is 1. The van der Waals surface area contributed by atoms with E-state index in [0.29, 0.717) is 5.56 Å². The second-order valence-electron chi connectivity index (χ2n) is 5.90. The first kappa shape index (κ1) is 14.7. The molecular weight excluding hydrogens is 277 g/mol. The van der Waals surface area contributed by atoms with Crippen LogP contribution in [-0.2, 0) is 19.5 Å². The van der Waals surface area contributed by atoms with E-state index in [1.54, 1.807) is 6.07 Å². The largest absolute Gasteiger partial charge is 0.316 e. The number of hydrogen-bond donors (Lipinski definition) is 1. The summed E-state index contributed by atoms with van der Waals surface area (Å²) in [5.41, 5.74) is 10.6. The molecule has 2 aromatic rings. The van der Waals surface area contributed by atoms with Crippen molar-refractivity contribution >= 4 is 0 Å². The molecule has 2 aromatic carbocycles. The Hall–Kier alpha value is -2.22. The molecule has 1 aliphatic heterocycles. The summed E-state index contributed by atoms with van der Waals surface area (Å²) >= 11 is 0. The lowest BCUT2D eigenvalue weighted by Crippen LogP contribution is -2.20. The van der Waals surface area contributed by atoms with Crippen molar-refractivity contribution in [1.29, 1.82) is 5.26 Å². The van der Waals surface area contributed by atoms with E-state index in [1.807, 2.05) is 18.2 Å². The van der Waals surface area contributed by atoms with E-state index in [2.05, 4.69) is 24.1 Å². The van der Waals surface area contributed by atoms with Crippen LogP contribution in [0.5, 0.6) is 0 Å². The van der Waals surface area contributed by atoms with Crippen molar-refractivity contribution in [2.75, 3.05) is 7.05 Å². The van der Waals surface area contributed by atoms with Gasteiger partial charge >= 0.3 is 0 Å². The molecule has 3 nitrogen and oxygen atoms in total. The molecule has 1 heterocycles. The maximum Gasteiger partial charge on any atom is 0.127 e. The van der Waals surface area contributed by atoms with Crippen molar-refractivity contribution in [2.24, 2.45) is 5.73 Å². The summed E-state index contributed by atoms with van der Waals surface area (Å²) in [5, 5.41) is 8.73. The number of benzene rings is 2. The van der Waals surface area contributed by atoms with Crippen LogP contribution in [-0.4, -0.2) is 18.0 Å². The van der Waals surface area contributed by atoms with E-state index in [0.717, 1.165) is 24.2 Å². The zero-order valence-electron chi connectivity index (χ0n) is 12.5. The Morgan fingerprint density at radius 3 is 2.59 bits per heavy atom. The zero-order chi connectivity index (χ0) is 15.7. The Morgan fingerprint density at radius 2 is 1.86 bits per heavy atom. The van der Waals surface area contributed by atoms with Crippen LogP contribution in [0.3, 0.4) is 0 Å². The summed E-state index contributed by atoms with van der Waals surface area (Å²) in [7, 11) is 2.09. The first-order valence-corrected chi connectivity index (χ1v) is 7.31. The molecule has 0 fully saturated rings. The van der Waals surface area contributed by atoms with E-state index < -0.39 is 6.04 Å². The van der Waals surface area contributed by atoms with E-state index in [1.165, 1.54) is 17.2 Å². The van der Waals surface area contributed by atoms with Crippen LogP contribution in [0.4, 0.5) is 4.39 Å². The molecule has 0 spiro atoms. The molecule has 2 N–H and O–H groups in total. The molecule has 1 unspecified atom stereocenters. The second kappa shape index (κ2) is 5.88. The van der Waals surface area contributed by atoms with Crippen LogP contribution < -0.4 is 5.73 Å². The molecule has 0 saturated heterocycles. The Bertz CT molecular complexity index is 748. The third-order valence-corrected chi connectivity index (χ3v) is 4.08. The van der Waals surface area contributed by atoms with Gasteiger partial charge in [0.05, 0.1) is 12.1 Å². The zero-order valence-corrected chi connectivity index (χ0v) is 12.5. The van der Waals surface area contributed by atoms with Gasteiger partial charge in [0.2, 0.25) is 0 Å². The predicted octanol–water partition coefficient (Wildman–Crippen LogP) is 2.83. The lowest BCUT2D eigenvalue weighted by molar-refractivity contribution is 0.353. The summed E-state index contributed by atoms with van der Waals surface area (Å²) in [6.07, 6.45) is 0.234. The highest BCUT2D eigenvalue weighted by atomic mass is 19.1. The smallest absolute Gasteiger partial charge is 0.127 e. The van der Waals surface area contributed by atoms with Crippen LogP contribution in [0.2, 0.25) is 0 Å². The number of nitrogens with zero attached hydrogens (tertiary/aromatic N) is 2. The molecule has 0 amide bonds. The predicted molar refractivity (Wildman–Crippen MR) is 84.3 cm³/mol. The van der Waals surface area contributed by atoms with E-state index in [-0.39, 0.29) is 12.2 Å². The highest BCUT2D eigenvalue weighted by Gasteiger charge is 2.16. The fourth-order valence-electron chi connectivity index (χ4n) is 2.92. The molecular formula is C18H18FN3. The van der Waals surface area contributed by atoms with E-state index in [9.17, 15) is 4.39 Å². The third kappa shape index (κ3) is 2.87. The van der Waals surface area contributed by atoms with Gasteiger partial charge in [-0.3, -0.25) is 4.90 Å². The molecule has 0 radical (unpaired) electrons. The van der Waals surface area contributed by atoms with Crippen molar-refractivity contribution < 1.29 is 4.39 Å². The summed E-state index contributed by atoms with van der Waals surface area (Å²) in [6, 6.07) is 12.7. The van der Waals surface area contributed by atoms with Gasteiger partial charge in [-0.25, -0.2) is 4.39 Å². The summed E-state index contributed by atoms with van der Waals surface area (Å²) in [4.78, 5) is 2.25. The number of nitriles is 1. The summed E-state index contributed by atoms with van der Waals surface area (Å²) in [5.74, 6) is -0.305. The normalized spacial score (nSPS) is 15.4. The minimum atomic E-state index is -0.670. The summed E-state index contributed by atoms with van der Waals surface area (Å²) in [6.45, 7) is 1.90. The SMILES string of the molecule is CN1Cc2ccc(-c3ccc(CC(N)C#N)c(F)c3)cc2C1. The molecule has 22 heavy (non-hydrogen) atoms. The van der Waals surface area contributed by atoms with Crippen molar-refractivity contribution in [3.8, 4) is 17.2 Å². The third-order valence-electron chi connectivity index (χ3n) is 4.08. The van der Waals surface area contributed by atoms with Gasteiger partial charge in [-0.2, -0.15) is 5.26 Å². The number of rotatable bonds is 3. The van der Waals surface area contributed by atoms with Gasteiger partial charge in [-0.15, -0.1) is 0 Å². The van der Waals surface area contributed by atoms with E-state index in [4.69, 9.17) is 11.0 Å². The van der Waals surface area contributed by atoms with E-state index >= 15 is 0 Å². The van der Waals surface area contributed by atoms with Crippen molar-refractivity contribution in [2.45, 2.75) is 25.6 Å².